The van der Waals surface area contributed by atoms with E-state index in [4.69, 9.17) is 0 Å². The zero-order valence-electron chi connectivity index (χ0n) is 15.9. The molecule has 0 aliphatic heterocycles. The Labute approximate surface area is 164 Å². The first-order valence-electron chi connectivity index (χ1n) is 9.37. The number of anilines is 1. The van der Waals surface area contributed by atoms with Gasteiger partial charge in [0.1, 0.15) is 0 Å². The molecule has 0 saturated carbocycles. The predicted octanol–water partition coefficient (Wildman–Crippen LogP) is 3.82. The normalized spacial score (nSPS) is 10.5. The van der Waals surface area contributed by atoms with Gasteiger partial charge in [-0.3, -0.25) is 4.79 Å². The molecule has 0 unspecified atom stereocenters. The van der Waals surface area contributed by atoms with E-state index in [-0.39, 0.29) is 11.6 Å². The first-order chi connectivity index (χ1) is 13.6. The Morgan fingerprint density at radius 2 is 1.82 bits per heavy atom. The van der Waals surface area contributed by atoms with Crippen LogP contribution in [-0.4, -0.2) is 22.4 Å². The van der Waals surface area contributed by atoms with Gasteiger partial charge < -0.3 is 10.6 Å². The molecule has 6 heteroatoms. The first-order valence-corrected chi connectivity index (χ1v) is 9.37. The fraction of sp³-hybridized carbons (Fsp3) is 0.227. The van der Waals surface area contributed by atoms with Crippen LogP contribution in [0.5, 0.6) is 0 Å². The van der Waals surface area contributed by atoms with Gasteiger partial charge in [-0.15, -0.1) is 0 Å². The number of urea groups is 1. The minimum absolute atomic E-state index is 0.121. The molecule has 0 bridgehead atoms. The molecule has 2 N–H and O–H groups in total. The Morgan fingerprint density at radius 1 is 1.00 bits per heavy atom. The van der Waals surface area contributed by atoms with Gasteiger partial charge in [-0.25, -0.2) is 9.48 Å². The summed E-state index contributed by atoms with van der Waals surface area (Å²) < 4.78 is 1.48. The van der Waals surface area contributed by atoms with E-state index >= 15 is 0 Å². The van der Waals surface area contributed by atoms with Crippen molar-refractivity contribution in [2.45, 2.75) is 26.3 Å². The van der Waals surface area contributed by atoms with E-state index in [1.807, 2.05) is 61.5 Å². The van der Waals surface area contributed by atoms with Crippen molar-refractivity contribution in [3.8, 4) is 11.3 Å². The molecule has 0 aliphatic carbocycles. The molecule has 2 amide bonds. The third-order valence-electron chi connectivity index (χ3n) is 4.29. The highest BCUT2D eigenvalue weighted by Gasteiger charge is 2.04. The van der Waals surface area contributed by atoms with Gasteiger partial charge >= 0.3 is 6.03 Å². The molecule has 3 aromatic rings. The molecular formula is C22H24N4O2. The van der Waals surface area contributed by atoms with Gasteiger partial charge in [-0.2, -0.15) is 5.10 Å². The summed E-state index contributed by atoms with van der Waals surface area (Å²) in [5.74, 6) is 0. The Morgan fingerprint density at radius 3 is 2.61 bits per heavy atom. The van der Waals surface area contributed by atoms with E-state index < -0.39 is 0 Å². The SMILES string of the molecule is Cc1cccc(NC(=O)NCCCCn2nc(-c3ccccc3)ccc2=O)c1. The standard InChI is InChI=1S/C22H24N4O2/c1-17-8-7-11-19(16-17)24-22(28)23-14-5-6-15-26-21(27)13-12-20(25-26)18-9-3-2-4-10-18/h2-4,7-13,16H,5-6,14-15H2,1H3,(H2,23,24,28). The van der Waals surface area contributed by atoms with Gasteiger partial charge in [0.15, 0.2) is 0 Å². The van der Waals surface area contributed by atoms with Gasteiger partial charge in [0, 0.05) is 30.4 Å². The number of benzene rings is 2. The first kappa shape index (κ1) is 19.4. The minimum atomic E-state index is -0.230. The number of aromatic nitrogens is 2. The van der Waals surface area contributed by atoms with E-state index in [0.29, 0.717) is 13.1 Å². The molecule has 1 aromatic heterocycles. The number of amides is 2. The highest BCUT2D eigenvalue weighted by Crippen LogP contribution is 2.14. The zero-order valence-corrected chi connectivity index (χ0v) is 15.9. The molecule has 0 saturated heterocycles. The van der Waals surface area contributed by atoms with Crippen molar-refractivity contribution in [1.82, 2.24) is 15.1 Å². The van der Waals surface area contributed by atoms with Crippen molar-refractivity contribution in [2.75, 3.05) is 11.9 Å². The van der Waals surface area contributed by atoms with E-state index in [9.17, 15) is 9.59 Å². The van der Waals surface area contributed by atoms with Crippen LogP contribution in [0.1, 0.15) is 18.4 Å². The van der Waals surface area contributed by atoms with Crippen molar-refractivity contribution < 1.29 is 4.79 Å². The number of carbonyl (C=O) groups is 1. The summed E-state index contributed by atoms with van der Waals surface area (Å²) >= 11 is 0. The second-order valence-corrected chi connectivity index (χ2v) is 6.60. The lowest BCUT2D eigenvalue weighted by molar-refractivity contribution is 0.252. The van der Waals surface area contributed by atoms with Crippen LogP contribution in [0.25, 0.3) is 11.3 Å². The number of rotatable bonds is 7. The summed E-state index contributed by atoms with van der Waals surface area (Å²) in [6, 6.07) is 20.5. The maximum Gasteiger partial charge on any atom is 0.319 e. The van der Waals surface area contributed by atoms with Crippen LogP contribution in [0.3, 0.4) is 0 Å². The molecule has 6 nitrogen and oxygen atoms in total. The predicted molar refractivity (Wildman–Crippen MR) is 111 cm³/mol. The van der Waals surface area contributed by atoms with Crippen molar-refractivity contribution in [2.24, 2.45) is 0 Å². The van der Waals surface area contributed by atoms with Gasteiger partial charge in [-0.1, -0.05) is 42.5 Å². The van der Waals surface area contributed by atoms with Crippen molar-refractivity contribution in [1.29, 1.82) is 0 Å². The summed E-state index contributed by atoms with van der Waals surface area (Å²) in [4.78, 5) is 23.9. The van der Waals surface area contributed by atoms with Crippen molar-refractivity contribution >= 4 is 11.7 Å². The number of nitrogens with one attached hydrogen (secondary N) is 2. The van der Waals surface area contributed by atoms with E-state index in [2.05, 4.69) is 15.7 Å². The third-order valence-corrected chi connectivity index (χ3v) is 4.29. The maximum atomic E-state index is 12.0. The summed E-state index contributed by atoms with van der Waals surface area (Å²) in [7, 11) is 0. The van der Waals surface area contributed by atoms with E-state index in [1.54, 1.807) is 12.1 Å². The molecule has 0 aliphatic rings. The second kappa shape index (κ2) is 9.50. The summed E-state index contributed by atoms with van der Waals surface area (Å²) in [5, 5.41) is 10.1. The Hall–Kier alpha value is -3.41. The minimum Gasteiger partial charge on any atom is -0.338 e. The Bertz CT molecular complexity index is 983. The molecule has 144 valence electrons. The van der Waals surface area contributed by atoms with Gasteiger partial charge in [0.25, 0.3) is 5.56 Å². The lowest BCUT2D eigenvalue weighted by Gasteiger charge is -2.09. The van der Waals surface area contributed by atoms with Crippen LogP contribution in [0.15, 0.2) is 71.5 Å². The highest BCUT2D eigenvalue weighted by atomic mass is 16.2. The summed E-state index contributed by atoms with van der Waals surface area (Å²) in [6.07, 6.45) is 1.50. The van der Waals surface area contributed by atoms with Crippen molar-refractivity contribution in [3.63, 3.8) is 0 Å². The quantitative estimate of drug-likeness (QED) is 0.616. The number of aryl methyl sites for hydroxylation is 2. The highest BCUT2D eigenvalue weighted by molar-refractivity contribution is 5.89. The Balaban J connectivity index is 1.45. The monoisotopic (exact) mass is 376 g/mol. The molecule has 28 heavy (non-hydrogen) atoms. The van der Waals surface area contributed by atoms with Crippen LogP contribution >= 0.6 is 0 Å². The zero-order chi connectivity index (χ0) is 19.8. The van der Waals surface area contributed by atoms with Crippen LogP contribution in [0, 0.1) is 6.92 Å². The maximum absolute atomic E-state index is 12.0. The number of nitrogens with zero attached hydrogens (tertiary/aromatic N) is 2. The van der Waals surface area contributed by atoms with Gasteiger partial charge in [0.2, 0.25) is 0 Å². The van der Waals surface area contributed by atoms with E-state index in [0.717, 1.165) is 35.3 Å². The largest absolute Gasteiger partial charge is 0.338 e. The lowest BCUT2D eigenvalue weighted by atomic mass is 10.1. The van der Waals surface area contributed by atoms with Crippen LogP contribution in [-0.2, 0) is 6.54 Å². The summed E-state index contributed by atoms with van der Waals surface area (Å²) in [6.45, 7) is 3.03. The third kappa shape index (κ3) is 5.54. The van der Waals surface area contributed by atoms with Crippen LogP contribution in [0.2, 0.25) is 0 Å². The molecule has 2 aromatic carbocycles. The second-order valence-electron chi connectivity index (χ2n) is 6.60. The molecular weight excluding hydrogens is 352 g/mol. The van der Waals surface area contributed by atoms with Crippen molar-refractivity contribution in [3.05, 3.63) is 82.6 Å². The number of unbranched alkanes of at least 4 members (excludes halogenated alkanes) is 1. The van der Waals surface area contributed by atoms with Crippen LogP contribution in [0.4, 0.5) is 10.5 Å². The van der Waals surface area contributed by atoms with Crippen LogP contribution < -0.4 is 16.2 Å². The summed E-state index contributed by atoms with van der Waals surface area (Å²) in [5.41, 5.74) is 3.49. The molecule has 3 rings (SSSR count). The lowest BCUT2D eigenvalue weighted by Crippen LogP contribution is -2.30. The molecule has 1 heterocycles. The van der Waals surface area contributed by atoms with E-state index in [1.165, 1.54) is 4.68 Å². The molecule has 0 atom stereocenters. The van der Waals surface area contributed by atoms with Gasteiger partial charge in [-0.05, 0) is 43.5 Å². The molecule has 0 radical (unpaired) electrons. The average Bonchev–Trinajstić information content (AvgIpc) is 2.69. The Kier molecular flexibility index (Phi) is 6.57. The fourth-order valence-corrected chi connectivity index (χ4v) is 2.86. The smallest absolute Gasteiger partial charge is 0.319 e. The molecule has 0 fully saturated rings. The number of carbonyl (C=O) groups excluding carboxylic acids is 1. The topological polar surface area (TPSA) is 76.0 Å². The molecule has 0 spiro atoms. The number of hydrogen-bond acceptors (Lipinski definition) is 3. The average molecular weight is 376 g/mol. The van der Waals surface area contributed by atoms with Gasteiger partial charge in [0.05, 0.1) is 5.69 Å². The number of hydrogen-bond donors (Lipinski definition) is 2. The fourth-order valence-electron chi connectivity index (χ4n) is 2.86.